The first kappa shape index (κ1) is 20.8. The molecule has 3 heterocycles. The Balaban J connectivity index is 1.32. The highest BCUT2D eigenvalue weighted by molar-refractivity contribution is 7.09. The molecule has 0 saturated carbocycles. The first-order valence-electron chi connectivity index (χ1n) is 10.5. The van der Waals surface area contributed by atoms with Gasteiger partial charge in [-0.25, -0.2) is 4.98 Å². The molecule has 0 bridgehead atoms. The maximum absolute atomic E-state index is 13.1. The zero-order valence-electron chi connectivity index (χ0n) is 17.5. The number of hydrogen-bond acceptors (Lipinski definition) is 6. The number of carbonyl (C=O) groups is 2. The lowest BCUT2D eigenvalue weighted by molar-refractivity contribution is -0.137. The average Bonchev–Trinajstić information content (AvgIpc) is 3.40. The summed E-state index contributed by atoms with van der Waals surface area (Å²) in [5.74, 6) is 0.425. The van der Waals surface area contributed by atoms with Crippen LogP contribution in [0.15, 0.2) is 29.6 Å². The highest BCUT2D eigenvalue weighted by Gasteiger charge is 2.38. The summed E-state index contributed by atoms with van der Waals surface area (Å²) in [5, 5.41) is 3.30. The van der Waals surface area contributed by atoms with E-state index in [1.54, 1.807) is 23.3 Å². The van der Waals surface area contributed by atoms with E-state index in [-0.39, 0.29) is 24.2 Å². The van der Waals surface area contributed by atoms with Crippen molar-refractivity contribution in [3.63, 3.8) is 0 Å². The van der Waals surface area contributed by atoms with Gasteiger partial charge in [-0.05, 0) is 18.6 Å². The highest BCUT2D eigenvalue weighted by Crippen LogP contribution is 2.33. The van der Waals surface area contributed by atoms with E-state index in [0.29, 0.717) is 25.4 Å². The largest absolute Gasteiger partial charge is 0.495 e. The fraction of sp³-hybridized carbons (Fsp3) is 0.500. The fourth-order valence-corrected chi connectivity index (χ4v) is 4.89. The van der Waals surface area contributed by atoms with Crippen molar-refractivity contribution in [2.75, 3.05) is 44.7 Å². The summed E-state index contributed by atoms with van der Waals surface area (Å²) < 4.78 is 5.39. The first-order chi connectivity index (χ1) is 14.6. The molecule has 2 fully saturated rings. The van der Waals surface area contributed by atoms with Crippen molar-refractivity contribution in [1.29, 1.82) is 0 Å². The van der Waals surface area contributed by atoms with Gasteiger partial charge in [0, 0.05) is 51.1 Å². The minimum absolute atomic E-state index is 0.0215. The number of piperazine rings is 1. The van der Waals surface area contributed by atoms with Crippen molar-refractivity contribution in [1.82, 2.24) is 14.8 Å². The number of rotatable bonds is 6. The second-order valence-corrected chi connectivity index (χ2v) is 8.71. The molecular formula is C22H28N4O3S. The predicted molar refractivity (Wildman–Crippen MR) is 117 cm³/mol. The molecule has 160 valence electrons. The Morgan fingerprint density at radius 1 is 1.23 bits per heavy atom. The van der Waals surface area contributed by atoms with Crippen LogP contribution in [0.4, 0.5) is 5.69 Å². The summed E-state index contributed by atoms with van der Waals surface area (Å²) >= 11 is 1.71. The quantitative estimate of drug-likeness (QED) is 0.707. The Labute approximate surface area is 181 Å². The topological polar surface area (TPSA) is 66.0 Å². The zero-order chi connectivity index (χ0) is 21.1. The summed E-state index contributed by atoms with van der Waals surface area (Å²) in [7, 11) is 1.59. The van der Waals surface area contributed by atoms with E-state index in [1.165, 1.54) is 5.01 Å². The number of aryl methyl sites for hydroxylation is 1. The lowest BCUT2D eigenvalue weighted by Crippen LogP contribution is -2.50. The number of thiazole rings is 1. The van der Waals surface area contributed by atoms with E-state index >= 15 is 0 Å². The smallest absolute Gasteiger partial charge is 0.228 e. The van der Waals surface area contributed by atoms with Gasteiger partial charge in [0.05, 0.1) is 29.4 Å². The molecule has 30 heavy (non-hydrogen) atoms. The van der Waals surface area contributed by atoms with Gasteiger partial charge < -0.3 is 14.5 Å². The van der Waals surface area contributed by atoms with E-state index in [0.717, 1.165) is 37.4 Å². The Morgan fingerprint density at radius 3 is 2.70 bits per heavy atom. The third-order valence-electron chi connectivity index (χ3n) is 5.82. The molecule has 1 atom stereocenters. The second-order valence-electron chi connectivity index (χ2n) is 7.76. The number of methoxy groups -OCH3 is 1. The van der Waals surface area contributed by atoms with E-state index in [4.69, 9.17) is 4.74 Å². The first-order valence-corrected chi connectivity index (χ1v) is 11.3. The molecule has 1 unspecified atom stereocenters. The van der Waals surface area contributed by atoms with Crippen molar-refractivity contribution in [3.05, 3.63) is 40.3 Å². The molecular weight excluding hydrogens is 400 g/mol. The molecule has 2 amide bonds. The molecule has 0 N–H and O–H groups in total. The standard InChI is InChI=1S/C22H28N4O3S/c1-3-20-23-17(15-30-20)14-24-8-10-25(11-9-24)22(28)16-12-21(27)26(13-16)18-6-4-5-7-19(18)29-2/h4-7,15-16H,3,8-14H2,1-2H3. The lowest BCUT2D eigenvalue weighted by Gasteiger charge is -2.35. The van der Waals surface area contributed by atoms with Gasteiger partial charge in [-0.2, -0.15) is 0 Å². The fourth-order valence-electron chi connectivity index (χ4n) is 4.16. The SMILES string of the molecule is CCc1nc(CN2CCN(C(=O)C3CC(=O)N(c4ccccc4OC)C3)CC2)cs1. The van der Waals surface area contributed by atoms with Crippen molar-refractivity contribution in [2.24, 2.45) is 5.92 Å². The molecule has 2 saturated heterocycles. The second kappa shape index (κ2) is 9.14. The lowest BCUT2D eigenvalue weighted by atomic mass is 10.1. The monoisotopic (exact) mass is 428 g/mol. The van der Waals surface area contributed by atoms with Crippen molar-refractivity contribution in [2.45, 2.75) is 26.3 Å². The van der Waals surface area contributed by atoms with Crippen molar-refractivity contribution < 1.29 is 14.3 Å². The normalized spacial score (nSPS) is 20.1. The van der Waals surface area contributed by atoms with Crippen LogP contribution < -0.4 is 9.64 Å². The van der Waals surface area contributed by atoms with Crippen LogP contribution in [0.5, 0.6) is 5.75 Å². The van der Waals surface area contributed by atoms with Gasteiger partial charge >= 0.3 is 0 Å². The number of ether oxygens (including phenoxy) is 1. The van der Waals surface area contributed by atoms with Gasteiger partial charge in [-0.1, -0.05) is 19.1 Å². The predicted octanol–water partition coefficient (Wildman–Crippen LogP) is 2.41. The van der Waals surface area contributed by atoms with Crippen LogP contribution in [-0.2, 0) is 22.6 Å². The van der Waals surface area contributed by atoms with E-state index in [9.17, 15) is 9.59 Å². The third-order valence-corrected chi connectivity index (χ3v) is 6.86. The summed E-state index contributed by atoms with van der Waals surface area (Å²) in [6, 6.07) is 7.46. The minimum Gasteiger partial charge on any atom is -0.495 e. The maximum Gasteiger partial charge on any atom is 0.228 e. The van der Waals surface area contributed by atoms with Crippen molar-refractivity contribution in [3.8, 4) is 5.75 Å². The molecule has 7 nitrogen and oxygen atoms in total. The number of para-hydroxylation sites is 2. The Kier molecular flexibility index (Phi) is 6.34. The van der Waals surface area contributed by atoms with Crippen molar-refractivity contribution >= 4 is 28.8 Å². The van der Waals surface area contributed by atoms with E-state index in [1.807, 2.05) is 29.2 Å². The van der Waals surface area contributed by atoms with E-state index < -0.39 is 0 Å². The van der Waals surface area contributed by atoms with Gasteiger partial charge in [0.2, 0.25) is 11.8 Å². The summed E-state index contributed by atoms with van der Waals surface area (Å²) in [4.78, 5) is 36.3. The number of anilines is 1. The number of hydrogen-bond donors (Lipinski definition) is 0. The summed E-state index contributed by atoms with van der Waals surface area (Å²) in [6.45, 7) is 6.43. The molecule has 1 aromatic carbocycles. The van der Waals surface area contributed by atoms with Crippen LogP contribution >= 0.6 is 11.3 Å². The highest BCUT2D eigenvalue weighted by atomic mass is 32.1. The Morgan fingerprint density at radius 2 is 2.00 bits per heavy atom. The van der Waals surface area contributed by atoms with Gasteiger partial charge in [0.15, 0.2) is 0 Å². The summed E-state index contributed by atoms with van der Waals surface area (Å²) in [5.41, 5.74) is 1.85. The molecule has 2 aliphatic heterocycles. The molecule has 0 radical (unpaired) electrons. The van der Waals surface area contributed by atoms with Crippen LogP contribution in [0.25, 0.3) is 0 Å². The summed E-state index contributed by atoms with van der Waals surface area (Å²) in [6.07, 6.45) is 1.23. The van der Waals surface area contributed by atoms with E-state index in [2.05, 4.69) is 22.2 Å². The molecule has 2 aliphatic rings. The molecule has 0 spiro atoms. The number of nitrogens with zero attached hydrogens (tertiary/aromatic N) is 4. The van der Waals surface area contributed by atoms with Gasteiger partial charge in [-0.15, -0.1) is 11.3 Å². The maximum atomic E-state index is 13.1. The van der Waals surface area contributed by atoms with Crippen LogP contribution in [0.1, 0.15) is 24.0 Å². The Bertz CT molecular complexity index is 907. The number of benzene rings is 1. The number of amides is 2. The van der Waals surface area contributed by atoms with Crippen LogP contribution in [0, 0.1) is 5.92 Å². The Hall–Kier alpha value is -2.45. The van der Waals surface area contributed by atoms with Crippen LogP contribution in [-0.4, -0.2) is 66.4 Å². The molecule has 4 rings (SSSR count). The van der Waals surface area contributed by atoms with Gasteiger partial charge in [0.25, 0.3) is 0 Å². The number of aromatic nitrogens is 1. The molecule has 1 aromatic heterocycles. The molecule has 8 heteroatoms. The molecule has 2 aromatic rings. The van der Waals surface area contributed by atoms with Gasteiger partial charge in [-0.3, -0.25) is 14.5 Å². The minimum atomic E-state index is -0.292. The van der Waals surface area contributed by atoms with Crippen LogP contribution in [0.2, 0.25) is 0 Å². The molecule has 0 aliphatic carbocycles. The van der Waals surface area contributed by atoms with Gasteiger partial charge in [0.1, 0.15) is 5.75 Å². The number of carbonyl (C=O) groups excluding carboxylic acids is 2. The van der Waals surface area contributed by atoms with Crippen LogP contribution in [0.3, 0.4) is 0 Å². The average molecular weight is 429 g/mol. The third kappa shape index (κ3) is 4.34. The zero-order valence-corrected chi connectivity index (χ0v) is 18.4.